The molecule has 1 N–H and O–H groups in total. The Morgan fingerprint density at radius 2 is 1.92 bits per heavy atom. The Hall–Kier alpha value is -3.88. The van der Waals surface area contributed by atoms with E-state index in [1.807, 2.05) is 19.1 Å². The van der Waals surface area contributed by atoms with Crippen LogP contribution < -0.4 is 5.56 Å². The number of alkyl halides is 1. The summed E-state index contributed by atoms with van der Waals surface area (Å²) in [4.78, 5) is 41.7. The molecule has 190 valence electrons. The number of likely N-dealkylation sites (tertiary alicyclic amines) is 1. The zero-order valence-electron chi connectivity index (χ0n) is 20.7. The summed E-state index contributed by atoms with van der Waals surface area (Å²) in [5, 5.41) is 3.02. The monoisotopic (exact) mass is 500 g/mol. The molecule has 1 aliphatic carbocycles. The Balaban J connectivity index is 1.42. The first-order chi connectivity index (χ1) is 18.0. The van der Waals surface area contributed by atoms with Crippen molar-refractivity contribution >= 4 is 11.6 Å². The summed E-state index contributed by atoms with van der Waals surface area (Å²) in [5.74, 6) is 0.245. The lowest BCUT2D eigenvalue weighted by Crippen LogP contribution is -2.58. The summed E-state index contributed by atoms with van der Waals surface area (Å²) in [6.07, 6.45) is 10.9. The second kappa shape index (κ2) is 9.53. The first kappa shape index (κ1) is 23.5. The zero-order valence-corrected chi connectivity index (χ0v) is 20.7. The first-order valence-electron chi connectivity index (χ1n) is 12.9. The lowest BCUT2D eigenvalue weighted by Gasteiger charge is -2.45. The molecule has 2 unspecified atom stereocenters. The Morgan fingerprint density at radius 3 is 2.59 bits per heavy atom. The van der Waals surface area contributed by atoms with Crippen LogP contribution in [0.15, 0.2) is 53.7 Å². The molecule has 3 aromatic heterocycles. The Kier molecular flexibility index (Phi) is 6.06. The van der Waals surface area contributed by atoms with Crippen LogP contribution in [0.3, 0.4) is 0 Å². The Bertz CT molecular complexity index is 1490. The first-order valence-corrected chi connectivity index (χ1v) is 12.9. The van der Waals surface area contributed by atoms with Crippen LogP contribution in [-0.4, -0.2) is 54.6 Å². The number of rotatable bonds is 6. The summed E-state index contributed by atoms with van der Waals surface area (Å²) >= 11 is 0. The number of halogens is 1. The van der Waals surface area contributed by atoms with Crippen LogP contribution >= 0.6 is 0 Å². The number of benzene rings is 1. The summed E-state index contributed by atoms with van der Waals surface area (Å²) < 4.78 is 14.6. The molecule has 1 saturated heterocycles. The van der Waals surface area contributed by atoms with Crippen molar-refractivity contribution < 1.29 is 9.18 Å². The van der Waals surface area contributed by atoms with Gasteiger partial charge >= 0.3 is 0 Å². The second-order valence-corrected chi connectivity index (χ2v) is 10.3. The number of nitrogens with zero attached hydrogens (tertiary/aromatic N) is 5. The molecule has 2 aliphatic rings. The number of hydrogen-bond acceptors (Lipinski definition) is 5. The molecule has 2 fully saturated rings. The normalized spacial score (nSPS) is 19.9. The van der Waals surface area contributed by atoms with E-state index in [1.54, 1.807) is 4.90 Å². The largest absolute Gasteiger partial charge is 0.335 e. The maximum absolute atomic E-state index is 13.7. The van der Waals surface area contributed by atoms with E-state index in [1.165, 1.54) is 60.4 Å². The molecule has 1 amide bonds. The molecule has 8 nitrogen and oxygen atoms in total. The maximum atomic E-state index is 13.7. The molecule has 4 heterocycles. The van der Waals surface area contributed by atoms with Gasteiger partial charge in [0, 0.05) is 42.5 Å². The van der Waals surface area contributed by atoms with Crippen molar-refractivity contribution in [1.29, 1.82) is 0 Å². The number of aromatic nitrogens is 5. The van der Waals surface area contributed by atoms with Crippen molar-refractivity contribution in [3.8, 4) is 22.6 Å². The van der Waals surface area contributed by atoms with E-state index in [-0.39, 0.29) is 34.6 Å². The number of carbonyl (C=O) groups is 1. The molecule has 1 aromatic carbocycles. The Labute approximate surface area is 213 Å². The minimum Gasteiger partial charge on any atom is -0.335 e. The maximum Gasteiger partial charge on any atom is 0.273 e. The standard InChI is InChI=1S/C28H29FN6O2/c1-17-21(14-29)16-34(17)28(37)25-26(23-15-30-10-11-31-23)33-35-24(36)13-22(32-27(25)35)20-8-6-19(7-9-20)12-18-4-2-3-5-18/h6-11,13,15,17-18,21,33H,2-5,12,14,16H2,1H3. The van der Waals surface area contributed by atoms with Crippen molar-refractivity contribution in [2.75, 3.05) is 13.2 Å². The third-order valence-corrected chi connectivity index (χ3v) is 7.96. The smallest absolute Gasteiger partial charge is 0.273 e. The number of hydrogen-bond donors (Lipinski definition) is 1. The number of H-pyrrole nitrogens is 1. The molecular formula is C28H29FN6O2. The van der Waals surface area contributed by atoms with Gasteiger partial charge in [-0.05, 0) is 24.8 Å². The van der Waals surface area contributed by atoms with Gasteiger partial charge in [0.25, 0.3) is 11.5 Å². The molecule has 1 saturated carbocycles. The van der Waals surface area contributed by atoms with E-state index in [0.717, 1.165) is 17.9 Å². The van der Waals surface area contributed by atoms with E-state index in [2.05, 4.69) is 27.2 Å². The average molecular weight is 501 g/mol. The van der Waals surface area contributed by atoms with Gasteiger partial charge in [-0.3, -0.25) is 29.0 Å². The van der Waals surface area contributed by atoms with Crippen LogP contribution in [0.1, 0.15) is 48.5 Å². The number of fused-ring (bicyclic) bond motifs is 1. The highest BCUT2D eigenvalue weighted by molar-refractivity contribution is 6.05. The summed E-state index contributed by atoms with van der Waals surface area (Å²) in [7, 11) is 0. The van der Waals surface area contributed by atoms with E-state index in [9.17, 15) is 14.0 Å². The quantitative estimate of drug-likeness (QED) is 0.426. The molecule has 37 heavy (non-hydrogen) atoms. The van der Waals surface area contributed by atoms with Gasteiger partial charge in [0.15, 0.2) is 5.65 Å². The SMILES string of the molecule is CC1C(CF)CN1C(=O)c1c(-c2cnccn2)[nH]n2c(=O)cc(-c3ccc(CC4CCCC4)cc3)nc12. The van der Waals surface area contributed by atoms with Crippen LogP contribution in [0.4, 0.5) is 4.39 Å². The van der Waals surface area contributed by atoms with Gasteiger partial charge in [0.2, 0.25) is 0 Å². The van der Waals surface area contributed by atoms with Gasteiger partial charge < -0.3 is 4.90 Å². The minimum atomic E-state index is -0.478. The van der Waals surface area contributed by atoms with Crippen molar-refractivity contribution in [3.63, 3.8) is 0 Å². The van der Waals surface area contributed by atoms with E-state index >= 15 is 0 Å². The van der Waals surface area contributed by atoms with Crippen molar-refractivity contribution in [2.45, 2.75) is 45.1 Å². The number of carbonyl (C=O) groups excluding carboxylic acids is 1. The highest BCUT2D eigenvalue weighted by Gasteiger charge is 2.41. The van der Waals surface area contributed by atoms with Gasteiger partial charge in [0.1, 0.15) is 11.3 Å². The molecule has 4 aromatic rings. The zero-order chi connectivity index (χ0) is 25.5. The van der Waals surface area contributed by atoms with E-state index in [0.29, 0.717) is 23.6 Å². The van der Waals surface area contributed by atoms with Gasteiger partial charge in [-0.2, -0.15) is 0 Å². The predicted molar refractivity (Wildman–Crippen MR) is 138 cm³/mol. The fourth-order valence-electron chi connectivity index (χ4n) is 5.64. The minimum absolute atomic E-state index is 0.192. The van der Waals surface area contributed by atoms with Crippen LogP contribution in [0.5, 0.6) is 0 Å². The third kappa shape index (κ3) is 4.22. The lowest BCUT2D eigenvalue weighted by atomic mass is 9.90. The highest BCUT2D eigenvalue weighted by atomic mass is 19.1. The molecule has 0 spiro atoms. The summed E-state index contributed by atoms with van der Waals surface area (Å²) in [5.41, 5.74) is 3.49. The second-order valence-electron chi connectivity index (χ2n) is 10.3. The van der Waals surface area contributed by atoms with Crippen molar-refractivity contribution in [3.05, 3.63) is 70.4 Å². The molecule has 0 radical (unpaired) electrons. The number of aromatic amines is 1. The fraction of sp³-hybridized carbons (Fsp3) is 0.393. The van der Waals surface area contributed by atoms with Crippen LogP contribution in [0, 0.1) is 11.8 Å². The highest BCUT2D eigenvalue weighted by Crippen LogP contribution is 2.32. The molecular weight excluding hydrogens is 471 g/mol. The predicted octanol–water partition coefficient (Wildman–Crippen LogP) is 4.31. The van der Waals surface area contributed by atoms with E-state index in [4.69, 9.17) is 4.98 Å². The summed E-state index contributed by atoms with van der Waals surface area (Å²) in [6, 6.07) is 9.40. The van der Waals surface area contributed by atoms with Gasteiger partial charge in [-0.1, -0.05) is 49.9 Å². The molecule has 1 aliphatic heterocycles. The Morgan fingerprint density at radius 1 is 1.14 bits per heavy atom. The molecule has 9 heteroatoms. The van der Waals surface area contributed by atoms with Crippen molar-refractivity contribution in [1.82, 2.24) is 29.5 Å². The van der Waals surface area contributed by atoms with Crippen LogP contribution in [-0.2, 0) is 6.42 Å². The number of nitrogens with one attached hydrogen (secondary N) is 1. The van der Waals surface area contributed by atoms with Gasteiger partial charge in [-0.25, -0.2) is 9.50 Å². The van der Waals surface area contributed by atoms with E-state index < -0.39 is 6.67 Å². The topological polar surface area (TPSA) is 96.3 Å². The lowest BCUT2D eigenvalue weighted by molar-refractivity contribution is 0.0142. The van der Waals surface area contributed by atoms with Gasteiger partial charge in [-0.15, -0.1) is 0 Å². The van der Waals surface area contributed by atoms with Crippen molar-refractivity contribution in [2.24, 2.45) is 11.8 Å². The molecule has 0 bridgehead atoms. The molecule has 2 atom stereocenters. The summed E-state index contributed by atoms with van der Waals surface area (Å²) in [6.45, 7) is 1.68. The average Bonchev–Trinajstić information content (AvgIpc) is 3.57. The van der Waals surface area contributed by atoms with Crippen LogP contribution in [0.2, 0.25) is 0 Å². The fourth-order valence-corrected chi connectivity index (χ4v) is 5.64. The van der Waals surface area contributed by atoms with Crippen LogP contribution in [0.25, 0.3) is 28.3 Å². The number of amides is 1. The molecule has 6 rings (SSSR count). The third-order valence-electron chi connectivity index (χ3n) is 7.96. The van der Waals surface area contributed by atoms with Gasteiger partial charge in [0.05, 0.1) is 24.3 Å².